The molecule has 4 nitrogen and oxygen atoms in total. The summed E-state index contributed by atoms with van der Waals surface area (Å²) in [5, 5.41) is 4.60. The van der Waals surface area contributed by atoms with Gasteiger partial charge in [-0.15, -0.1) is 0 Å². The number of benzene rings is 1. The Labute approximate surface area is 116 Å². The minimum absolute atomic E-state index is 0.0624. The Balaban J connectivity index is 1.80. The minimum Gasteiger partial charge on any atom is -0.350 e. The maximum Gasteiger partial charge on any atom is 0.267 e. The second-order valence-corrected chi connectivity index (χ2v) is 5.51. The van der Waals surface area contributed by atoms with E-state index in [0.717, 1.165) is 30.4 Å². The van der Waals surface area contributed by atoms with Gasteiger partial charge in [0.25, 0.3) is 5.91 Å². The number of likely N-dealkylation sites (N-methyl/N-ethyl adjacent to an activating group) is 1. The summed E-state index contributed by atoms with van der Waals surface area (Å²) >= 11 is 6.11. The number of aromatic amines is 1. The van der Waals surface area contributed by atoms with Crippen molar-refractivity contribution in [2.45, 2.75) is 12.5 Å². The summed E-state index contributed by atoms with van der Waals surface area (Å²) in [7, 11) is 2.06. The van der Waals surface area contributed by atoms with Gasteiger partial charge in [0.2, 0.25) is 0 Å². The number of hydrogen-bond acceptors (Lipinski definition) is 2. The Morgan fingerprint density at radius 3 is 3.05 bits per heavy atom. The van der Waals surface area contributed by atoms with Gasteiger partial charge in [-0.25, -0.2) is 0 Å². The molecule has 3 rings (SSSR count). The molecule has 1 aromatic carbocycles. The van der Waals surface area contributed by atoms with Gasteiger partial charge in [-0.05, 0) is 38.2 Å². The summed E-state index contributed by atoms with van der Waals surface area (Å²) in [6, 6.07) is 7.66. The molecule has 1 saturated heterocycles. The Bertz CT molecular complexity index is 622. The van der Waals surface area contributed by atoms with E-state index in [1.165, 1.54) is 0 Å². The van der Waals surface area contributed by atoms with Crippen molar-refractivity contribution in [1.29, 1.82) is 0 Å². The molecule has 100 valence electrons. The maximum absolute atomic E-state index is 12.2. The van der Waals surface area contributed by atoms with Gasteiger partial charge < -0.3 is 15.2 Å². The van der Waals surface area contributed by atoms with Crippen LogP contribution in [0.15, 0.2) is 24.3 Å². The summed E-state index contributed by atoms with van der Waals surface area (Å²) in [6.07, 6.45) is 1.00. The quantitative estimate of drug-likeness (QED) is 0.885. The first kappa shape index (κ1) is 12.5. The molecule has 1 atom stereocenters. The van der Waals surface area contributed by atoms with Crippen LogP contribution in [0.1, 0.15) is 16.9 Å². The van der Waals surface area contributed by atoms with Crippen molar-refractivity contribution in [3.05, 3.63) is 35.0 Å². The molecule has 2 N–H and O–H groups in total. The standard InChI is InChI=1S/C14H16ClN3O/c1-18-6-5-9(8-18)16-14(19)13-7-10-11(15)3-2-4-12(10)17-13/h2-4,7,9,17H,5-6,8H2,1H3,(H,16,19)/t9-/m0/s1. The first-order chi connectivity index (χ1) is 9.13. The molecule has 0 unspecified atom stereocenters. The molecule has 5 heteroatoms. The van der Waals surface area contributed by atoms with E-state index in [1.54, 1.807) is 0 Å². The average Bonchev–Trinajstić information content (AvgIpc) is 2.96. The van der Waals surface area contributed by atoms with E-state index in [4.69, 9.17) is 11.6 Å². The number of fused-ring (bicyclic) bond motifs is 1. The van der Waals surface area contributed by atoms with Crippen LogP contribution in [0.25, 0.3) is 10.9 Å². The highest BCUT2D eigenvalue weighted by molar-refractivity contribution is 6.35. The minimum atomic E-state index is -0.0624. The van der Waals surface area contributed by atoms with Crippen molar-refractivity contribution >= 4 is 28.4 Å². The van der Waals surface area contributed by atoms with Crippen molar-refractivity contribution < 1.29 is 4.79 Å². The Morgan fingerprint density at radius 1 is 1.53 bits per heavy atom. The number of aromatic nitrogens is 1. The number of likely N-dealkylation sites (tertiary alicyclic amines) is 1. The number of rotatable bonds is 2. The fourth-order valence-electron chi connectivity index (χ4n) is 2.56. The van der Waals surface area contributed by atoms with Crippen molar-refractivity contribution in [2.24, 2.45) is 0 Å². The molecule has 1 aromatic heterocycles. The van der Waals surface area contributed by atoms with E-state index < -0.39 is 0 Å². The lowest BCUT2D eigenvalue weighted by molar-refractivity contribution is 0.0934. The lowest BCUT2D eigenvalue weighted by Gasteiger charge is -2.11. The Kier molecular flexibility index (Phi) is 3.21. The smallest absolute Gasteiger partial charge is 0.267 e. The third kappa shape index (κ3) is 2.46. The summed E-state index contributed by atoms with van der Waals surface area (Å²) in [6.45, 7) is 1.94. The van der Waals surface area contributed by atoms with Crippen LogP contribution in [0.5, 0.6) is 0 Å². The van der Waals surface area contributed by atoms with Crippen molar-refractivity contribution in [1.82, 2.24) is 15.2 Å². The predicted octanol–water partition coefficient (Wildman–Crippen LogP) is 2.26. The molecule has 0 radical (unpaired) electrons. The average molecular weight is 278 g/mol. The molecular weight excluding hydrogens is 262 g/mol. The zero-order chi connectivity index (χ0) is 13.4. The first-order valence-electron chi connectivity index (χ1n) is 6.40. The fraction of sp³-hybridized carbons (Fsp3) is 0.357. The number of nitrogens with one attached hydrogen (secondary N) is 2. The topological polar surface area (TPSA) is 48.1 Å². The lowest BCUT2D eigenvalue weighted by Crippen LogP contribution is -2.36. The third-order valence-corrected chi connectivity index (χ3v) is 3.91. The van der Waals surface area contributed by atoms with Gasteiger partial charge in [0, 0.05) is 28.5 Å². The molecule has 2 aromatic rings. The second-order valence-electron chi connectivity index (χ2n) is 5.11. The van der Waals surface area contributed by atoms with Crippen LogP contribution in [0.4, 0.5) is 0 Å². The number of carbonyl (C=O) groups is 1. The third-order valence-electron chi connectivity index (χ3n) is 3.58. The van der Waals surface area contributed by atoms with Crippen molar-refractivity contribution in [2.75, 3.05) is 20.1 Å². The highest BCUT2D eigenvalue weighted by Gasteiger charge is 2.22. The maximum atomic E-state index is 12.2. The van der Waals surface area contributed by atoms with Crippen molar-refractivity contribution in [3.63, 3.8) is 0 Å². The summed E-state index contributed by atoms with van der Waals surface area (Å²) in [5.74, 6) is -0.0624. The van der Waals surface area contributed by atoms with Crippen LogP contribution in [0.2, 0.25) is 5.02 Å². The van der Waals surface area contributed by atoms with Crippen LogP contribution in [-0.2, 0) is 0 Å². The summed E-state index contributed by atoms with van der Waals surface area (Å²) in [4.78, 5) is 17.5. The van der Waals surface area contributed by atoms with E-state index >= 15 is 0 Å². The van der Waals surface area contributed by atoms with Crippen LogP contribution in [0.3, 0.4) is 0 Å². The van der Waals surface area contributed by atoms with Crippen molar-refractivity contribution in [3.8, 4) is 0 Å². The molecule has 2 heterocycles. The first-order valence-corrected chi connectivity index (χ1v) is 6.78. The molecule has 0 saturated carbocycles. The van der Waals surface area contributed by atoms with Gasteiger partial charge in [-0.2, -0.15) is 0 Å². The van der Waals surface area contributed by atoms with Gasteiger partial charge in [-0.1, -0.05) is 17.7 Å². The van der Waals surface area contributed by atoms with Gasteiger partial charge in [-0.3, -0.25) is 4.79 Å². The molecule has 19 heavy (non-hydrogen) atoms. The van der Waals surface area contributed by atoms with E-state index in [2.05, 4.69) is 22.2 Å². The number of amides is 1. The number of nitrogens with zero attached hydrogens (tertiary/aromatic N) is 1. The molecule has 1 aliphatic rings. The largest absolute Gasteiger partial charge is 0.350 e. The number of hydrogen-bond donors (Lipinski definition) is 2. The van der Waals surface area contributed by atoms with Crippen LogP contribution in [-0.4, -0.2) is 42.0 Å². The highest BCUT2D eigenvalue weighted by Crippen LogP contribution is 2.24. The molecule has 1 aliphatic heterocycles. The molecule has 1 fully saturated rings. The molecule has 1 amide bonds. The van der Waals surface area contributed by atoms with E-state index in [1.807, 2.05) is 24.3 Å². The normalized spacial score (nSPS) is 20.0. The van der Waals surface area contributed by atoms with Gasteiger partial charge in [0.15, 0.2) is 0 Å². The second kappa shape index (κ2) is 4.87. The number of H-pyrrole nitrogens is 1. The molecular formula is C14H16ClN3O. The van der Waals surface area contributed by atoms with Gasteiger partial charge >= 0.3 is 0 Å². The molecule has 0 spiro atoms. The summed E-state index contributed by atoms with van der Waals surface area (Å²) < 4.78 is 0. The molecule has 0 bridgehead atoms. The monoisotopic (exact) mass is 277 g/mol. The van der Waals surface area contributed by atoms with E-state index in [9.17, 15) is 4.79 Å². The van der Waals surface area contributed by atoms with E-state index in [0.29, 0.717) is 10.7 Å². The Hall–Kier alpha value is -1.52. The SMILES string of the molecule is CN1CC[C@H](NC(=O)c2cc3c(Cl)cccc3[nH]2)C1. The zero-order valence-corrected chi connectivity index (χ0v) is 11.5. The highest BCUT2D eigenvalue weighted by atomic mass is 35.5. The van der Waals surface area contributed by atoms with E-state index in [-0.39, 0.29) is 11.9 Å². The number of halogens is 1. The zero-order valence-electron chi connectivity index (χ0n) is 10.7. The molecule has 0 aliphatic carbocycles. The Morgan fingerprint density at radius 2 is 2.37 bits per heavy atom. The number of carbonyl (C=O) groups excluding carboxylic acids is 1. The van der Waals surface area contributed by atoms with Gasteiger partial charge in [0.1, 0.15) is 5.69 Å². The lowest BCUT2D eigenvalue weighted by atomic mass is 10.2. The fourth-order valence-corrected chi connectivity index (χ4v) is 2.79. The van der Waals surface area contributed by atoms with Crippen LogP contribution >= 0.6 is 11.6 Å². The summed E-state index contributed by atoms with van der Waals surface area (Å²) in [5.41, 5.74) is 1.46. The van der Waals surface area contributed by atoms with Gasteiger partial charge in [0.05, 0.1) is 0 Å². The van der Waals surface area contributed by atoms with Crippen LogP contribution < -0.4 is 5.32 Å². The van der Waals surface area contributed by atoms with Crippen LogP contribution in [0, 0.1) is 0 Å². The predicted molar refractivity (Wildman–Crippen MR) is 76.7 cm³/mol.